The van der Waals surface area contributed by atoms with Crippen molar-refractivity contribution in [3.63, 3.8) is 0 Å². The van der Waals surface area contributed by atoms with Gasteiger partial charge in [-0.15, -0.1) is 0 Å². The summed E-state index contributed by atoms with van der Waals surface area (Å²) in [5.74, 6) is 0.526. The third-order valence-corrected chi connectivity index (χ3v) is 5.37. The molecule has 0 heterocycles. The Hall–Kier alpha value is -1.64. The minimum absolute atomic E-state index is 0.0291. The summed E-state index contributed by atoms with van der Waals surface area (Å²) in [6.07, 6.45) is 2.07. The van der Waals surface area contributed by atoms with Crippen LogP contribution in [0.2, 0.25) is 0 Å². The van der Waals surface area contributed by atoms with Crippen molar-refractivity contribution in [1.29, 1.82) is 0 Å². The Morgan fingerprint density at radius 1 is 1.21 bits per heavy atom. The van der Waals surface area contributed by atoms with Crippen LogP contribution in [0.15, 0.2) is 35.4 Å². The van der Waals surface area contributed by atoms with Crippen LogP contribution in [0.1, 0.15) is 33.6 Å². The number of benzene rings is 1. The number of nitrogens with zero attached hydrogens (tertiary/aromatic N) is 1. The lowest BCUT2D eigenvalue weighted by atomic mass is 9.70. The number of carbonyl (C=O) groups is 1. The minimum Gasteiger partial charge on any atom is -0.292 e. The largest absolute Gasteiger partial charge is 0.292 e. The summed E-state index contributed by atoms with van der Waals surface area (Å²) < 4.78 is 0. The second-order valence-electron chi connectivity index (χ2n) is 6.45. The van der Waals surface area contributed by atoms with E-state index >= 15 is 0 Å². The van der Waals surface area contributed by atoms with E-state index in [2.05, 4.69) is 31.3 Å². The standard InChI is InChI=1S/C16H20N2O/c1-15(2)12-9-10-16(15,3)14(19)13(12)18-17-11-7-5-4-6-8-11/h4-8,12,17H,9-10H2,1-3H3/b18-13+/t12-,16+/m0/s1. The van der Waals surface area contributed by atoms with Crippen molar-refractivity contribution in [2.24, 2.45) is 21.8 Å². The summed E-state index contributed by atoms with van der Waals surface area (Å²) in [6.45, 7) is 6.50. The van der Waals surface area contributed by atoms with Gasteiger partial charge in [0.05, 0.1) is 5.69 Å². The number of rotatable bonds is 2. The lowest BCUT2D eigenvalue weighted by Gasteiger charge is -2.31. The topological polar surface area (TPSA) is 41.5 Å². The number of carbonyl (C=O) groups excluding carboxylic acids is 1. The minimum atomic E-state index is -0.227. The normalized spacial score (nSPS) is 33.9. The lowest BCUT2D eigenvalue weighted by molar-refractivity contribution is -0.123. The molecule has 3 nitrogen and oxygen atoms in total. The number of Topliss-reactive ketones (excluding diaryl/α,β-unsaturated/α-hetero) is 1. The fourth-order valence-corrected chi connectivity index (χ4v) is 3.59. The predicted molar refractivity (Wildman–Crippen MR) is 77.1 cm³/mol. The molecule has 2 bridgehead atoms. The molecule has 2 saturated carbocycles. The smallest absolute Gasteiger partial charge is 0.185 e. The number of hydrogen-bond acceptors (Lipinski definition) is 3. The maximum Gasteiger partial charge on any atom is 0.185 e. The Morgan fingerprint density at radius 3 is 2.47 bits per heavy atom. The van der Waals surface area contributed by atoms with E-state index in [0.717, 1.165) is 24.2 Å². The molecule has 100 valence electrons. The van der Waals surface area contributed by atoms with Gasteiger partial charge >= 0.3 is 0 Å². The molecule has 0 aromatic heterocycles. The van der Waals surface area contributed by atoms with Crippen molar-refractivity contribution in [2.45, 2.75) is 33.6 Å². The van der Waals surface area contributed by atoms with Crippen molar-refractivity contribution in [1.82, 2.24) is 0 Å². The number of anilines is 1. The Labute approximate surface area is 114 Å². The molecule has 1 N–H and O–H groups in total. The molecule has 19 heavy (non-hydrogen) atoms. The summed E-state index contributed by atoms with van der Waals surface area (Å²) in [4.78, 5) is 12.6. The van der Waals surface area contributed by atoms with Crippen molar-refractivity contribution in [3.05, 3.63) is 30.3 Å². The van der Waals surface area contributed by atoms with Gasteiger partial charge in [0, 0.05) is 11.3 Å². The van der Waals surface area contributed by atoms with Crippen molar-refractivity contribution in [2.75, 3.05) is 5.43 Å². The molecule has 0 unspecified atom stereocenters. The van der Waals surface area contributed by atoms with Gasteiger partial charge in [0.25, 0.3) is 0 Å². The van der Waals surface area contributed by atoms with E-state index in [0.29, 0.717) is 5.92 Å². The first kappa shape index (κ1) is 12.4. The first-order valence-corrected chi connectivity index (χ1v) is 6.90. The first-order chi connectivity index (χ1) is 8.97. The van der Waals surface area contributed by atoms with Gasteiger partial charge in [0.2, 0.25) is 0 Å². The maximum absolute atomic E-state index is 12.6. The fraction of sp³-hybridized carbons (Fsp3) is 0.500. The van der Waals surface area contributed by atoms with Crippen LogP contribution >= 0.6 is 0 Å². The van der Waals surface area contributed by atoms with Crippen LogP contribution in [0.4, 0.5) is 5.69 Å². The highest BCUT2D eigenvalue weighted by atomic mass is 16.1. The zero-order chi connectivity index (χ0) is 13.7. The molecule has 0 spiro atoms. The number of hydrazone groups is 1. The lowest BCUT2D eigenvalue weighted by Crippen LogP contribution is -2.33. The molecule has 0 radical (unpaired) electrons. The Morgan fingerprint density at radius 2 is 1.89 bits per heavy atom. The summed E-state index contributed by atoms with van der Waals surface area (Å²) in [5.41, 5.74) is 4.49. The van der Waals surface area contributed by atoms with E-state index in [9.17, 15) is 4.79 Å². The number of ketones is 1. The Bertz CT molecular complexity index is 547. The number of nitrogens with one attached hydrogen (secondary N) is 1. The molecule has 2 fully saturated rings. The third-order valence-electron chi connectivity index (χ3n) is 5.37. The van der Waals surface area contributed by atoms with E-state index < -0.39 is 0 Å². The highest BCUT2D eigenvalue weighted by molar-refractivity contribution is 6.45. The quantitative estimate of drug-likeness (QED) is 0.823. The Balaban J connectivity index is 1.89. The summed E-state index contributed by atoms with van der Waals surface area (Å²) >= 11 is 0. The van der Waals surface area contributed by atoms with Gasteiger partial charge in [0.15, 0.2) is 5.78 Å². The van der Waals surface area contributed by atoms with Crippen molar-refractivity contribution in [3.8, 4) is 0 Å². The van der Waals surface area contributed by atoms with Gasteiger partial charge < -0.3 is 0 Å². The number of para-hydroxylation sites is 1. The second-order valence-corrected chi connectivity index (χ2v) is 6.45. The monoisotopic (exact) mass is 256 g/mol. The van der Waals surface area contributed by atoms with Gasteiger partial charge in [0.1, 0.15) is 5.71 Å². The van der Waals surface area contributed by atoms with Crippen LogP contribution in [-0.4, -0.2) is 11.5 Å². The maximum atomic E-state index is 12.6. The van der Waals surface area contributed by atoms with Crippen LogP contribution in [0.5, 0.6) is 0 Å². The molecule has 2 aliphatic rings. The van der Waals surface area contributed by atoms with Crippen LogP contribution < -0.4 is 5.43 Å². The molecule has 1 aromatic carbocycles. The van der Waals surface area contributed by atoms with Crippen LogP contribution in [0.3, 0.4) is 0 Å². The van der Waals surface area contributed by atoms with Gasteiger partial charge in [-0.05, 0) is 30.4 Å². The van der Waals surface area contributed by atoms with Gasteiger partial charge in [-0.3, -0.25) is 10.2 Å². The van der Waals surface area contributed by atoms with Crippen LogP contribution in [-0.2, 0) is 4.79 Å². The number of hydrogen-bond donors (Lipinski definition) is 1. The molecule has 3 rings (SSSR count). The zero-order valence-corrected chi connectivity index (χ0v) is 11.7. The van der Waals surface area contributed by atoms with Crippen molar-refractivity contribution >= 4 is 17.2 Å². The third kappa shape index (κ3) is 1.57. The average Bonchev–Trinajstić information content (AvgIpc) is 2.70. The summed E-state index contributed by atoms with van der Waals surface area (Å²) in [5, 5.41) is 4.42. The molecular weight excluding hydrogens is 236 g/mol. The number of fused-ring (bicyclic) bond motifs is 2. The van der Waals surface area contributed by atoms with Crippen LogP contribution in [0.25, 0.3) is 0 Å². The molecule has 0 saturated heterocycles. The van der Waals surface area contributed by atoms with Gasteiger partial charge in [-0.2, -0.15) is 5.10 Å². The summed E-state index contributed by atoms with van der Waals surface area (Å²) in [7, 11) is 0. The Kier molecular flexibility index (Phi) is 2.56. The van der Waals surface area contributed by atoms with Gasteiger partial charge in [-0.25, -0.2) is 0 Å². The van der Waals surface area contributed by atoms with E-state index in [4.69, 9.17) is 0 Å². The molecule has 0 aliphatic heterocycles. The average molecular weight is 256 g/mol. The van der Waals surface area contributed by atoms with E-state index in [1.54, 1.807) is 0 Å². The molecule has 2 atom stereocenters. The molecule has 3 heteroatoms. The highest BCUT2D eigenvalue weighted by Gasteiger charge is 2.65. The predicted octanol–water partition coefficient (Wildman–Crippen LogP) is 3.48. The molecule has 0 amide bonds. The van der Waals surface area contributed by atoms with Crippen LogP contribution in [0, 0.1) is 16.7 Å². The van der Waals surface area contributed by atoms with Gasteiger partial charge in [-0.1, -0.05) is 39.0 Å². The molecular formula is C16H20N2O. The molecule has 2 aliphatic carbocycles. The zero-order valence-electron chi connectivity index (χ0n) is 11.7. The summed E-state index contributed by atoms with van der Waals surface area (Å²) in [6, 6.07) is 9.78. The fourth-order valence-electron chi connectivity index (χ4n) is 3.59. The van der Waals surface area contributed by atoms with E-state index in [1.165, 1.54) is 0 Å². The second kappa shape index (κ2) is 3.92. The van der Waals surface area contributed by atoms with E-state index in [1.807, 2.05) is 30.3 Å². The highest BCUT2D eigenvalue weighted by Crippen LogP contribution is 2.62. The van der Waals surface area contributed by atoms with E-state index in [-0.39, 0.29) is 16.6 Å². The first-order valence-electron chi connectivity index (χ1n) is 6.90. The van der Waals surface area contributed by atoms with Crippen molar-refractivity contribution < 1.29 is 4.79 Å². The molecule has 1 aromatic rings. The SMILES string of the molecule is CC1(C)[C@H]2CC[C@]1(C)C(=O)/C2=N/Nc1ccccc1.